The quantitative estimate of drug-likeness (QED) is 0.643. The molecule has 166 valence electrons. The highest BCUT2D eigenvalue weighted by molar-refractivity contribution is 6.23. The van der Waals surface area contributed by atoms with Crippen molar-refractivity contribution in [2.75, 3.05) is 28.7 Å². The van der Waals surface area contributed by atoms with Crippen LogP contribution in [0.2, 0.25) is 0 Å². The van der Waals surface area contributed by atoms with Crippen molar-refractivity contribution in [3.05, 3.63) is 78.9 Å². The number of amides is 2. The fourth-order valence-corrected chi connectivity index (χ4v) is 3.71. The number of benzene rings is 3. The topological polar surface area (TPSA) is 92.3 Å². The molecule has 8 heteroatoms. The minimum absolute atomic E-state index is 0.0503. The number of hydrogen-bond donors (Lipinski definition) is 2. The van der Waals surface area contributed by atoms with E-state index in [4.69, 9.17) is 9.47 Å². The number of carbonyl (C=O) groups excluding carboxylic acids is 2. The standard InChI is InChI=1S/C25H22N4O4/c30-23-16-20(24(31)26-18-11-12-21-22(15-18)33-14-13-32-21)28-25(27-17-7-3-1-4-8-17)29(23)19-9-5-2-6-10-19/h1-12,15,20H,13-14,16H2,(H,26,31)(H,27,28). The highest BCUT2D eigenvalue weighted by atomic mass is 16.6. The monoisotopic (exact) mass is 442 g/mol. The van der Waals surface area contributed by atoms with Gasteiger partial charge in [0.15, 0.2) is 11.5 Å². The van der Waals surface area contributed by atoms with Crippen LogP contribution in [0.5, 0.6) is 11.5 Å². The van der Waals surface area contributed by atoms with Crippen molar-refractivity contribution in [3.63, 3.8) is 0 Å². The second-order valence-electron chi connectivity index (χ2n) is 7.58. The number of carbonyl (C=O) groups is 2. The highest BCUT2D eigenvalue weighted by Gasteiger charge is 2.34. The normalized spacial score (nSPS) is 17.2. The molecule has 0 bridgehead atoms. The number of ether oxygens (including phenoxy) is 2. The molecule has 0 radical (unpaired) electrons. The van der Waals surface area contributed by atoms with Gasteiger partial charge in [0.25, 0.3) is 0 Å². The molecule has 3 aromatic carbocycles. The number of rotatable bonds is 4. The maximum absolute atomic E-state index is 13.1. The van der Waals surface area contributed by atoms with Crippen LogP contribution in [-0.4, -0.2) is 37.0 Å². The minimum Gasteiger partial charge on any atom is -0.486 e. The summed E-state index contributed by atoms with van der Waals surface area (Å²) < 4.78 is 11.1. The van der Waals surface area contributed by atoms with Gasteiger partial charge in [0, 0.05) is 17.4 Å². The van der Waals surface area contributed by atoms with Crippen molar-refractivity contribution in [1.29, 1.82) is 0 Å². The van der Waals surface area contributed by atoms with Crippen LogP contribution < -0.4 is 25.0 Å². The van der Waals surface area contributed by atoms with Crippen molar-refractivity contribution >= 4 is 34.8 Å². The van der Waals surface area contributed by atoms with E-state index in [2.05, 4.69) is 15.6 Å². The van der Waals surface area contributed by atoms with Gasteiger partial charge in [-0.3, -0.25) is 14.5 Å². The van der Waals surface area contributed by atoms with Crippen LogP contribution in [0.3, 0.4) is 0 Å². The highest BCUT2D eigenvalue weighted by Crippen LogP contribution is 2.33. The second kappa shape index (κ2) is 9.04. The Morgan fingerprint density at radius 3 is 2.33 bits per heavy atom. The minimum atomic E-state index is -0.878. The summed E-state index contributed by atoms with van der Waals surface area (Å²) in [6.07, 6.45) is -0.0503. The first-order valence-corrected chi connectivity index (χ1v) is 10.7. The van der Waals surface area contributed by atoms with E-state index < -0.39 is 6.04 Å². The van der Waals surface area contributed by atoms with E-state index in [1.165, 1.54) is 4.90 Å². The average Bonchev–Trinajstić information content (AvgIpc) is 2.85. The lowest BCUT2D eigenvalue weighted by atomic mass is 10.1. The lowest BCUT2D eigenvalue weighted by molar-refractivity contribution is -0.123. The number of guanidine groups is 1. The number of nitrogens with one attached hydrogen (secondary N) is 2. The van der Waals surface area contributed by atoms with Gasteiger partial charge in [0.1, 0.15) is 19.3 Å². The molecule has 0 saturated carbocycles. The van der Waals surface area contributed by atoms with Crippen molar-refractivity contribution in [2.45, 2.75) is 12.5 Å². The summed E-state index contributed by atoms with van der Waals surface area (Å²) in [6, 6.07) is 23.0. The average molecular weight is 442 g/mol. The van der Waals surface area contributed by atoms with Crippen molar-refractivity contribution < 1.29 is 19.1 Å². The Balaban J connectivity index is 1.41. The maximum atomic E-state index is 13.1. The fourth-order valence-electron chi connectivity index (χ4n) is 3.71. The molecular formula is C25H22N4O4. The number of aliphatic imine (C=N–C) groups is 1. The number of anilines is 3. The molecule has 2 heterocycles. The Bertz CT molecular complexity index is 1200. The third-order valence-electron chi connectivity index (χ3n) is 5.26. The van der Waals surface area contributed by atoms with Gasteiger partial charge in [0.05, 0.1) is 12.1 Å². The van der Waals surface area contributed by atoms with Crippen LogP contribution in [0, 0.1) is 0 Å². The predicted molar refractivity (Wildman–Crippen MR) is 126 cm³/mol. The summed E-state index contributed by atoms with van der Waals surface area (Å²) in [6.45, 7) is 0.947. The molecule has 0 aromatic heterocycles. The number of para-hydroxylation sites is 2. The van der Waals surface area contributed by atoms with E-state index in [9.17, 15) is 9.59 Å². The van der Waals surface area contributed by atoms with Gasteiger partial charge in [-0.25, -0.2) is 4.99 Å². The van der Waals surface area contributed by atoms with Crippen LogP contribution in [0.25, 0.3) is 0 Å². The Morgan fingerprint density at radius 1 is 0.879 bits per heavy atom. The Labute approximate surface area is 190 Å². The predicted octanol–water partition coefficient (Wildman–Crippen LogP) is 3.67. The number of fused-ring (bicyclic) bond motifs is 1. The maximum Gasteiger partial charge on any atom is 0.249 e. The first kappa shape index (κ1) is 20.6. The van der Waals surface area contributed by atoms with E-state index in [1.807, 2.05) is 60.7 Å². The molecule has 0 aliphatic carbocycles. The number of hydrogen-bond acceptors (Lipinski definition) is 6. The van der Waals surface area contributed by atoms with Crippen molar-refractivity contribution in [1.82, 2.24) is 0 Å². The fraction of sp³-hybridized carbons (Fsp3) is 0.160. The molecule has 5 rings (SSSR count). The van der Waals surface area contributed by atoms with Gasteiger partial charge in [-0.15, -0.1) is 0 Å². The zero-order valence-corrected chi connectivity index (χ0v) is 17.7. The summed E-state index contributed by atoms with van der Waals surface area (Å²) in [7, 11) is 0. The molecule has 3 aromatic rings. The SMILES string of the molecule is O=C(Nc1ccc2c(c1)OCCO2)C1CC(=O)N(c2ccccc2)C(Nc2ccccc2)=N1. The zero-order chi connectivity index (χ0) is 22.6. The second-order valence-corrected chi connectivity index (χ2v) is 7.58. The molecule has 2 N–H and O–H groups in total. The lowest BCUT2D eigenvalue weighted by Crippen LogP contribution is -2.49. The molecule has 0 fully saturated rings. The molecule has 1 atom stereocenters. The van der Waals surface area contributed by atoms with Gasteiger partial charge in [-0.1, -0.05) is 36.4 Å². The van der Waals surface area contributed by atoms with Crippen LogP contribution in [0.15, 0.2) is 83.9 Å². The molecule has 2 amide bonds. The summed E-state index contributed by atoms with van der Waals surface area (Å²) in [4.78, 5) is 32.3. The Morgan fingerprint density at radius 2 is 1.58 bits per heavy atom. The third-order valence-corrected chi connectivity index (χ3v) is 5.26. The summed E-state index contributed by atoms with van der Waals surface area (Å²) in [5.74, 6) is 0.907. The lowest BCUT2D eigenvalue weighted by Gasteiger charge is -2.31. The number of nitrogens with zero attached hydrogens (tertiary/aromatic N) is 2. The summed E-state index contributed by atoms with van der Waals surface area (Å²) >= 11 is 0. The summed E-state index contributed by atoms with van der Waals surface area (Å²) in [5.41, 5.74) is 1.99. The van der Waals surface area contributed by atoms with Gasteiger partial charge in [-0.05, 0) is 36.4 Å². The van der Waals surface area contributed by atoms with E-state index >= 15 is 0 Å². The Kier molecular flexibility index (Phi) is 5.63. The smallest absolute Gasteiger partial charge is 0.249 e. The van der Waals surface area contributed by atoms with Gasteiger partial charge >= 0.3 is 0 Å². The van der Waals surface area contributed by atoms with E-state index in [0.717, 1.165) is 5.69 Å². The largest absolute Gasteiger partial charge is 0.486 e. The van der Waals surface area contributed by atoms with Crippen LogP contribution >= 0.6 is 0 Å². The molecule has 1 unspecified atom stereocenters. The summed E-state index contributed by atoms with van der Waals surface area (Å²) in [5, 5.41) is 6.03. The van der Waals surface area contributed by atoms with Gasteiger partial charge in [-0.2, -0.15) is 0 Å². The van der Waals surface area contributed by atoms with Crippen molar-refractivity contribution in [2.24, 2.45) is 4.99 Å². The van der Waals surface area contributed by atoms with Crippen LogP contribution in [0.4, 0.5) is 17.1 Å². The van der Waals surface area contributed by atoms with E-state index in [-0.39, 0.29) is 18.2 Å². The molecule has 2 aliphatic heterocycles. The molecule has 8 nitrogen and oxygen atoms in total. The van der Waals surface area contributed by atoms with Crippen molar-refractivity contribution in [3.8, 4) is 11.5 Å². The van der Waals surface area contributed by atoms with Crippen LogP contribution in [0.1, 0.15) is 6.42 Å². The van der Waals surface area contributed by atoms with Gasteiger partial charge in [0.2, 0.25) is 17.8 Å². The molecular weight excluding hydrogens is 420 g/mol. The molecule has 0 saturated heterocycles. The van der Waals surface area contributed by atoms with E-state index in [1.54, 1.807) is 18.2 Å². The molecule has 33 heavy (non-hydrogen) atoms. The first-order valence-electron chi connectivity index (χ1n) is 10.7. The third kappa shape index (κ3) is 4.50. The molecule has 0 spiro atoms. The Hall–Kier alpha value is -4.33. The van der Waals surface area contributed by atoms with Gasteiger partial charge < -0.3 is 20.1 Å². The zero-order valence-electron chi connectivity index (χ0n) is 17.7. The first-order chi connectivity index (χ1) is 16.2. The van der Waals surface area contributed by atoms with E-state index in [0.29, 0.717) is 42.0 Å². The van der Waals surface area contributed by atoms with Crippen LogP contribution in [-0.2, 0) is 9.59 Å². The molecule has 2 aliphatic rings.